The van der Waals surface area contributed by atoms with Crippen LogP contribution in [0.4, 0.5) is 5.69 Å². The molecule has 130 valence electrons. The van der Waals surface area contributed by atoms with Crippen LogP contribution in [0.1, 0.15) is 40.5 Å². The molecule has 6 heteroatoms. The molecular weight excluding hydrogens is 316 g/mol. The number of amides is 1. The van der Waals surface area contributed by atoms with E-state index in [1.165, 1.54) is 12.8 Å². The molecule has 1 N–H and O–H groups in total. The van der Waals surface area contributed by atoms with Gasteiger partial charge in [-0.2, -0.15) is 0 Å². The molecule has 2 aromatic rings. The molecule has 0 spiro atoms. The number of rotatable bonds is 5. The zero-order valence-corrected chi connectivity index (χ0v) is 14.1. The van der Waals surface area contributed by atoms with Gasteiger partial charge >= 0.3 is 0 Å². The lowest BCUT2D eigenvalue weighted by molar-refractivity contribution is 0.0950. The summed E-state index contributed by atoms with van der Waals surface area (Å²) < 4.78 is 5.37. The third-order valence-electron chi connectivity index (χ3n) is 4.68. The average molecular weight is 338 g/mol. The zero-order chi connectivity index (χ0) is 17.1. The zero-order valence-electron chi connectivity index (χ0n) is 14.1. The number of morpholine rings is 1. The fraction of sp³-hybridized carbons (Fsp3) is 0.421. The van der Waals surface area contributed by atoms with E-state index in [4.69, 9.17) is 4.74 Å². The molecule has 0 unspecified atom stereocenters. The Morgan fingerprint density at radius 1 is 1.16 bits per heavy atom. The van der Waals surface area contributed by atoms with E-state index < -0.39 is 0 Å². The van der Waals surface area contributed by atoms with Crippen molar-refractivity contribution in [1.29, 1.82) is 0 Å². The monoisotopic (exact) mass is 338 g/mol. The normalized spacial score (nSPS) is 17.4. The van der Waals surface area contributed by atoms with Gasteiger partial charge in [-0.15, -0.1) is 0 Å². The first kappa shape index (κ1) is 16.0. The highest BCUT2D eigenvalue weighted by atomic mass is 16.5. The lowest BCUT2D eigenvalue weighted by atomic mass is 10.1. The first-order valence-corrected chi connectivity index (χ1v) is 8.81. The van der Waals surface area contributed by atoms with Gasteiger partial charge in [0.1, 0.15) is 6.33 Å². The lowest BCUT2D eigenvalue weighted by Crippen LogP contribution is -2.36. The minimum Gasteiger partial charge on any atom is -0.378 e. The number of hydrogen-bond donors (Lipinski definition) is 1. The van der Waals surface area contributed by atoms with Gasteiger partial charge in [0.2, 0.25) is 0 Å². The van der Waals surface area contributed by atoms with Crippen LogP contribution in [0.15, 0.2) is 36.7 Å². The Kier molecular flexibility index (Phi) is 4.61. The van der Waals surface area contributed by atoms with Crippen LogP contribution < -0.4 is 10.2 Å². The Bertz CT molecular complexity index is 737. The molecular formula is C19H22N4O2. The van der Waals surface area contributed by atoms with Gasteiger partial charge in [-0.3, -0.25) is 4.79 Å². The Morgan fingerprint density at radius 2 is 1.92 bits per heavy atom. The molecule has 0 radical (unpaired) electrons. The quantitative estimate of drug-likeness (QED) is 0.904. The number of aromatic nitrogens is 2. The number of carbonyl (C=O) groups excluding carboxylic acids is 1. The van der Waals surface area contributed by atoms with E-state index in [0.717, 1.165) is 43.4 Å². The van der Waals surface area contributed by atoms with Crippen molar-refractivity contribution < 1.29 is 9.53 Å². The second-order valence-electron chi connectivity index (χ2n) is 6.54. The number of anilines is 1. The van der Waals surface area contributed by atoms with Crippen molar-refractivity contribution in [3.05, 3.63) is 53.6 Å². The van der Waals surface area contributed by atoms with Crippen LogP contribution in [0.5, 0.6) is 0 Å². The van der Waals surface area contributed by atoms with Crippen molar-refractivity contribution in [1.82, 2.24) is 15.3 Å². The Labute approximate surface area is 147 Å². The number of benzene rings is 1. The van der Waals surface area contributed by atoms with E-state index in [-0.39, 0.29) is 5.91 Å². The lowest BCUT2D eigenvalue weighted by Gasteiger charge is -2.28. The molecule has 1 aromatic heterocycles. The second kappa shape index (κ2) is 7.19. The predicted molar refractivity (Wildman–Crippen MR) is 94.7 cm³/mol. The average Bonchev–Trinajstić information content (AvgIpc) is 3.52. The Hall–Kier alpha value is -2.47. The van der Waals surface area contributed by atoms with Gasteiger partial charge in [0.05, 0.1) is 25.5 Å². The van der Waals surface area contributed by atoms with Gasteiger partial charge in [0.15, 0.2) is 0 Å². The van der Waals surface area contributed by atoms with Crippen molar-refractivity contribution in [2.75, 3.05) is 31.2 Å². The molecule has 0 bridgehead atoms. The van der Waals surface area contributed by atoms with Crippen LogP contribution in [-0.4, -0.2) is 42.2 Å². The highest BCUT2D eigenvalue weighted by Gasteiger charge is 2.25. The third kappa shape index (κ3) is 3.96. The number of hydrogen-bond acceptors (Lipinski definition) is 5. The van der Waals surface area contributed by atoms with Crippen LogP contribution in [0.3, 0.4) is 0 Å². The van der Waals surface area contributed by atoms with Crippen LogP contribution in [0.25, 0.3) is 0 Å². The maximum absolute atomic E-state index is 12.3. The van der Waals surface area contributed by atoms with Gasteiger partial charge in [-0.05, 0) is 43.2 Å². The predicted octanol–water partition coefficient (Wildman–Crippen LogP) is 2.12. The van der Waals surface area contributed by atoms with Gasteiger partial charge < -0.3 is 15.0 Å². The smallest absolute Gasteiger partial charge is 0.251 e. The molecule has 2 heterocycles. The van der Waals surface area contributed by atoms with Gasteiger partial charge in [-0.25, -0.2) is 9.97 Å². The van der Waals surface area contributed by atoms with Gasteiger partial charge in [0.25, 0.3) is 5.91 Å². The SMILES string of the molecule is O=C(NCc1cc(C2CC2)ncn1)c1ccc(N2CCOCC2)cc1. The van der Waals surface area contributed by atoms with E-state index in [0.29, 0.717) is 18.0 Å². The molecule has 6 nitrogen and oxygen atoms in total. The molecule has 2 fully saturated rings. The molecule has 25 heavy (non-hydrogen) atoms. The van der Waals surface area contributed by atoms with E-state index in [2.05, 4.69) is 20.2 Å². The summed E-state index contributed by atoms with van der Waals surface area (Å²) in [5, 5.41) is 2.94. The number of nitrogens with one attached hydrogen (secondary N) is 1. The van der Waals surface area contributed by atoms with E-state index >= 15 is 0 Å². The summed E-state index contributed by atoms with van der Waals surface area (Å²) in [7, 11) is 0. The minimum atomic E-state index is -0.0832. The Balaban J connectivity index is 1.35. The molecule has 1 saturated heterocycles. The summed E-state index contributed by atoms with van der Waals surface area (Å²) in [6.45, 7) is 3.71. The highest BCUT2D eigenvalue weighted by Crippen LogP contribution is 2.38. The molecule has 0 atom stereocenters. The van der Waals surface area contributed by atoms with E-state index in [9.17, 15) is 4.79 Å². The van der Waals surface area contributed by atoms with E-state index in [1.807, 2.05) is 30.3 Å². The van der Waals surface area contributed by atoms with Gasteiger partial charge in [0, 0.05) is 36.0 Å². The molecule has 4 rings (SSSR count). The second-order valence-corrected chi connectivity index (χ2v) is 6.54. The highest BCUT2D eigenvalue weighted by molar-refractivity contribution is 5.94. The third-order valence-corrected chi connectivity index (χ3v) is 4.68. The largest absolute Gasteiger partial charge is 0.378 e. The van der Waals surface area contributed by atoms with Crippen molar-refractivity contribution in [2.24, 2.45) is 0 Å². The first-order valence-electron chi connectivity index (χ1n) is 8.81. The molecule has 2 aliphatic rings. The fourth-order valence-corrected chi connectivity index (χ4v) is 3.03. The maximum Gasteiger partial charge on any atom is 0.251 e. The molecule has 1 aliphatic heterocycles. The van der Waals surface area contributed by atoms with Crippen molar-refractivity contribution >= 4 is 11.6 Å². The number of carbonyl (C=O) groups is 1. The van der Waals surface area contributed by atoms with Gasteiger partial charge in [-0.1, -0.05) is 0 Å². The van der Waals surface area contributed by atoms with Crippen LogP contribution >= 0.6 is 0 Å². The summed E-state index contributed by atoms with van der Waals surface area (Å²) in [5.41, 5.74) is 3.74. The summed E-state index contributed by atoms with van der Waals surface area (Å²) >= 11 is 0. The van der Waals surface area contributed by atoms with Crippen LogP contribution in [0, 0.1) is 0 Å². The van der Waals surface area contributed by atoms with Crippen molar-refractivity contribution in [3.63, 3.8) is 0 Å². The number of ether oxygens (including phenoxy) is 1. The molecule has 1 aliphatic carbocycles. The van der Waals surface area contributed by atoms with Crippen molar-refractivity contribution in [2.45, 2.75) is 25.3 Å². The standard InChI is InChI=1S/C19H22N4O2/c24-19(20-12-16-11-18(14-1-2-14)22-13-21-16)15-3-5-17(6-4-15)23-7-9-25-10-8-23/h3-6,11,13-14H,1-2,7-10,12H2,(H,20,24). The summed E-state index contributed by atoms with van der Waals surface area (Å²) in [6.07, 6.45) is 4.00. The molecule has 1 amide bonds. The maximum atomic E-state index is 12.3. The van der Waals surface area contributed by atoms with E-state index in [1.54, 1.807) is 6.33 Å². The summed E-state index contributed by atoms with van der Waals surface area (Å²) in [4.78, 5) is 23.2. The van der Waals surface area contributed by atoms with Crippen LogP contribution in [0.2, 0.25) is 0 Å². The van der Waals surface area contributed by atoms with Crippen molar-refractivity contribution in [3.8, 4) is 0 Å². The number of nitrogens with zero attached hydrogens (tertiary/aromatic N) is 3. The topological polar surface area (TPSA) is 67.4 Å². The molecule has 1 aromatic carbocycles. The fourth-order valence-electron chi connectivity index (χ4n) is 3.03. The molecule has 1 saturated carbocycles. The van der Waals surface area contributed by atoms with Crippen LogP contribution in [-0.2, 0) is 11.3 Å². The Morgan fingerprint density at radius 3 is 2.64 bits per heavy atom. The minimum absolute atomic E-state index is 0.0832. The summed E-state index contributed by atoms with van der Waals surface area (Å²) in [6, 6.07) is 9.73. The summed E-state index contributed by atoms with van der Waals surface area (Å²) in [5.74, 6) is 0.505. The first-order chi connectivity index (χ1) is 12.3.